The number of nitro groups is 1. The van der Waals surface area contributed by atoms with Gasteiger partial charge in [0.25, 0.3) is 5.69 Å². The number of hydrogen-bond acceptors (Lipinski definition) is 4. The molecule has 0 saturated carbocycles. The van der Waals surface area contributed by atoms with Crippen molar-refractivity contribution in [2.45, 2.75) is 6.92 Å². The fourth-order valence-electron chi connectivity index (χ4n) is 1.98. The predicted octanol–water partition coefficient (Wildman–Crippen LogP) is 3.84. The van der Waals surface area contributed by atoms with Gasteiger partial charge in [0.2, 0.25) is 0 Å². The Morgan fingerprint density at radius 1 is 1.18 bits per heavy atom. The van der Waals surface area contributed by atoms with Gasteiger partial charge in [-0.2, -0.15) is 0 Å². The van der Waals surface area contributed by atoms with Gasteiger partial charge >= 0.3 is 5.97 Å². The highest BCUT2D eigenvalue weighted by atomic mass is 16.6. The Hall–Kier alpha value is -2.95. The van der Waals surface area contributed by atoms with E-state index in [9.17, 15) is 14.9 Å². The van der Waals surface area contributed by atoms with Crippen LogP contribution in [0.5, 0.6) is 0 Å². The zero-order valence-electron chi connectivity index (χ0n) is 12.1. The fourth-order valence-corrected chi connectivity index (χ4v) is 1.98. The largest absolute Gasteiger partial charge is 0.463 e. The summed E-state index contributed by atoms with van der Waals surface area (Å²) in [5.74, 6) is -0.400. The fraction of sp³-hybridized carbons (Fsp3) is 0.118. The van der Waals surface area contributed by atoms with Gasteiger partial charge in [0.05, 0.1) is 11.5 Å². The lowest BCUT2D eigenvalue weighted by molar-refractivity contribution is -0.384. The third-order valence-electron chi connectivity index (χ3n) is 2.98. The quantitative estimate of drug-likeness (QED) is 0.364. The van der Waals surface area contributed by atoms with Gasteiger partial charge in [-0.25, -0.2) is 4.79 Å². The molecule has 22 heavy (non-hydrogen) atoms. The molecule has 2 aromatic carbocycles. The number of nitrogens with zero attached hydrogens (tertiary/aromatic N) is 1. The average molecular weight is 297 g/mol. The second kappa shape index (κ2) is 7.17. The van der Waals surface area contributed by atoms with Crippen LogP contribution in [0.4, 0.5) is 5.69 Å². The molecule has 0 N–H and O–H groups in total. The van der Waals surface area contributed by atoms with Gasteiger partial charge in [0.1, 0.15) is 0 Å². The third kappa shape index (κ3) is 4.02. The van der Waals surface area contributed by atoms with Crippen LogP contribution < -0.4 is 0 Å². The second-order valence-electron chi connectivity index (χ2n) is 4.52. The maximum Gasteiger partial charge on any atom is 0.330 e. The zero-order chi connectivity index (χ0) is 15.9. The van der Waals surface area contributed by atoms with Gasteiger partial charge in [-0.3, -0.25) is 10.1 Å². The summed E-state index contributed by atoms with van der Waals surface area (Å²) >= 11 is 0. The van der Waals surface area contributed by atoms with Crippen molar-refractivity contribution in [3.63, 3.8) is 0 Å². The lowest BCUT2D eigenvalue weighted by Crippen LogP contribution is -1.98. The number of non-ortho nitro benzene ring substituents is 1. The minimum absolute atomic E-state index is 0.0463. The van der Waals surface area contributed by atoms with Crippen LogP contribution in [0.15, 0.2) is 54.6 Å². The molecule has 0 unspecified atom stereocenters. The molecular formula is C17H15NO4. The van der Waals surface area contributed by atoms with Crippen molar-refractivity contribution in [3.05, 3.63) is 70.3 Å². The van der Waals surface area contributed by atoms with Crippen LogP contribution in [0.2, 0.25) is 0 Å². The number of ether oxygens (including phenoxy) is 1. The summed E-state index contributed by atoms with van der Waals surface area (Å²) in [4.78, 5) is 21.7. The summed E-state index contributed by atoms with van der Waals surface area (Å²) < 4.78 is 4.82. The van der Waals surface area contributed by atoms with E-state index in [1.807, 2.05) is 24.3 Å². The van der Waals surface area contributed by atoms with E-state index in [0.717, 1.165) is 16.7 Å². The zero-order valence-corrected chi connectivity index (χ0v) is 12.1. The third-order valence-corrected chi connectivity index (χ3v) is 2.98. The van der Waals surface area contributed by atoms with Gasteiger partial charge in [0.15, 0.2) is 0 Å². The van der Waals surface area contributed by atoms with Crippen molar-refractivity contribution in [3.8, 4) is 11.1 Å². The van der Waals surface area contributed by atoms with Crippen molar-refractivity contribution in [1.82, 2.24) is 0 Å². The Labute approximate surface area is 128 Å². The molecule has 0 fully saturated rings. The highest BCUT2D eigenvalue weighted by Gasteiger charge is 2.07. The van der Waals surface area contributed by atoms with Crippen LogP contribution in [-0.4, -0.2) is 17.5 Å². The van der Waals surface area contributed by atoms with Crippen LogP contribution >= 0.6 is 0 Å². The second-order valence-corrected chi connectivity index (χ2v) is 4.52. The summed E-state index contributed by atoms with van der Waals surface area (Å²) in [7, 11) is 0. The van der Waals surface area contributed by atoms with Gasteiger partial charge in [0, 0.05) is 18.2 Å². The van der Waals surface area contributed by atoms with Crippen molar-refractivity contribution in [2.24, 2.45) is 0 Å². The van der Waals surface area contributed by atoms with E-state index in [1.165, 1.54) is 18.2 Å². The van der Waals surface area contributed by atoms with Crippen LogP contribution in [0, 0.1) is 10.1 Å². The van der Waals surface area contributed by atoms with E-state index in [0.29, 0.717) is 6.61 Å². The number of rotatable bonds is 5. The molecule has 0 spiro atoms. The normalized spacial score (nSPS) is 10.6. The highest BCUT2D eigenvalue weighted by molar-refractivity contribution is 5.87. The molecule has 0 aliphatic rings. The Kier molecular flexibility index (Phi) is 5.03. The van der Waals surface area contributed by atoms with E-state index in [2.05, 4.69) is 0 Å². The minimum atomic E-state index is -0.423. The van der Waals surface area contributed by atoms with E-state index in [-0.39, 0.29) is 5.69 Å². The molecule has 0 aliphatic heterocycles. The first-order valence-corrected chi connectivity index (χ1v) is 6.80. The maximum atomic E-state index is 11.3. The van der Waals surface area contributed by atoms with Crippen molar-refractivity contribution in [2.75, 3.05) is 6.61 Å². The summed E-state index contributed by atoms with van der Waals surface area (Å²) in [6.07, 6.45) is 3.01. The summed E-state index contributed by atoms with van der Waals surface area (Å²) in [6.45, 7) is 2.07. The van der Waals surface area contributed by atoms with Crippen LogP contribution in [0.1, 0.15) is 12.5 Å². The molecule has 0 amide bonds. The SMILES string of the molecule is CCOC(=O)C=Cc1cccc(-c2cccc([N+](=O)[O-])c2)c1. The van der Waals surface area contributed by atoms with Gasteiger partial charge < -0.3 is 4.74 Å². The summed E-state index contributed by atoms with van der Waals surface area (Å²) in [5, 5.41) is 10.8. The first kappa shape index (κ1) is 15.4. The number of carbonyl (C=O) groups excluding carboxylic acids is 1. The first-order chi connectivity index (χ1) is 10.6. The monoisotopic (exact) mass is 297 g/mol. The van der Waals surface area contributed by atoms with Gasteiger partial charge in [-0.05, 0) is 35.8 Å². The smallest absolute Gasteiger partial charge is 0.330 e. The predicted molar refractivity (Wildman–Crippen MR) is 84.2 cm³/mol. The lowest BCUT2D eigenvalue weighted by atomic mass is 10.0. The molecule has 5 heteroatoms. The van der Waals surface area contributed by atoms with E-state index >= 15 is 0 Å². The van der Waals surface area contributed by atoms with Crippen LogP contribution in [-0.2, 0) is 9.53 Å². The molecule has 0 bridgehead atoms. The van der Waals surface area contributed by atoms with Crippen LogP contribution in [0.3, 0.4) is 0 Å². The van der Waals surface area contributed by atoms with E-state index in [4.69, 9.17) is 4.74 Å². The standard InChI is InChI=1S/C17H15NO4/c1-2-22-17(19)10-9-13-5-3-6-14(11-13)15-7-4-8-16(12-15)18(20)21/h3-12H,2H2,1H3. The Balaban J connectivity index is 2.27. The van der Waals surface area contributed by atoms with Crippen molar-refractivity contribution >= 4 is 17.7 Å². The van der Waals surface area contributed by atoms with E-state index in [1.54, 1.807) is 25.1 Å². The molecule has 0 heterocycles. The molecule has 2 aromatic rings. The minimum Gasteiger partial charge on any atom is -0.463 e. The summed E-state index contributed by atoms with van der Waals surface area (Å²) in [6, 6.07) is 13.8. The lowest BCUT2D eigenvalue weighted by Gasteiger charge is -2.03. The van der Waals surface area contributed by atoms with Gasteiger partial charge in [-0.15, -0.1) is 0 Å². The molecule has 0 saturated heterocycles. The molecule has 0 radical (unpaired) electrons. The number of benzene rings is 2. The Bertz CT molecular complexity index is 722. The number of nitro benzene ring substituents is 1. The molecule has 112 valence electrons. The molecule has 2 rings (SSSR count). The first-order valence-electron chi connectivity index (χ1n) is 6.80. The molecule has 5 nitrogen and oxygen atoms in total. The molecule has 0 aliphatic carbocycles. The number of hydrogen-bond donors (Lipinski definition) is 0. The molecule has 0 atom stereocenters. The van der Waals surface area contributed by atoms with Crippen molar-refractivity contribution in [1.29, 1.82) is 0 Å². The van der Waals surface area contributed by atoms with Crippen molar-refractivity contribution < 1.29 is 14.5 Å². The topological polar surface area (TPSA) is 69.4 Å². The number of esters is 1. The Morgan fingerprint density at radius 3 is 2.55 bits per heavy atom. The summed E-state index contributed by atoms with van der Waals surface area (Å²) in [5.41, 5.74) is 2.46. The molecular weight excluding hydrogens is 282 g/mol. The van der Waals surface area contributed by atoms with E-state index < -0.39 is 10.9 Å². The Morgan fingerprint density at radius 2 is 1.86 bits per heavy atom. The van der Waals surface area contributed by atoms with Crippen LogP contribution in [0.25, 0.3) is 17.2 Å². The maximum absolute atomic E-state index is 11.3. The number of carbonyl (C=O) groups is 1. The molecule has 0 aromatic heterocycles. The van der Waals surface area contributed by atoms with Gasteiger partial charge in [-0.1, -0.05) is 30.3 Å². The highest BCUT2D eigenvalue weighted by Crippen LogP contribution is 2.24. The average Bonchev–Trinajstić information content (AvgIpc) is 2.53.